The monoisotopic (exact) mass is 362 g/mol. The second kappa shape index (κ2) is 6.24. The van der Waals surface area contributed by atoms with Gasteiger partial charge in [-0.05, 0) is 41.1 Å². The lowest BCUT2D eigenvalue weighted by molar-refractivity contribution is 0.0882. The summed E-state index contributed by atoms with van der Waals surface area (Å²) in [6, 6.07) is 3.69. The minimum atomic E-state index is -0.0832. The normalized spacial score (nSPS) is 13.6. The van der Waals surface area contributed by atoms with Crippen LogP contribution in [-0.2, 0) is 4.74 Å². The largest absolute Gasteiger partial charge is 0.471 e. The van der Waals surface area contributed by atoms with Gasteiger partial charge in [0, 0.05) is 20.3 Å². The van der Waals surface area contributed by atoms with Crippen LogP contribution in [0.15, 0.2) is 12.1 Å². The van der Waals surface area contributed by atoms with Crippen LogP contribution in [0.2, 0.25) is 0 Å². The molecule has 1 aromatic rings. The standard InChI is InChI=1S/C12H15IN2O3/c1-17-6-2-5-14-9-4-3-8-11(10(9)13)18-7-15-12(8)16/h3-4,14H,2,5-7H2,1H3,(H,15,16). The Morgan fingerprint density at radius 1 is 1.56 bits per heavy atom. The minimum Gasteiger partial charge on any atom is -0.471 e. The first kappa shape index (κ1) is 13.4. The Hall–Kier alpha value is -1.02. The average molecular weight is 362 g/mol. The van der Waals surface area contributed by atoms with E-state index in [4.69, 9.17) is 9.47 Å². The molecule has 2 rings (SSSR count). The molecule has 0 saturated carbocycles. The first-order valence-corrected chi connectivity index (χ1v) is 6.78. The van der Waals surface area contributed by atoms with Gasteiger partial charge in [-0.15, -0.1) is 0 Å². The molecule has 0 radical (unpaired) electrons. The Labute approximate surface area is 119 Å². The molecule has 0 aromatic heterocycles. The third-order valence-corrected chi connectivity index (χ3v) is 3.70. The number of hydrogen-bond acceptors (Lipinski definition) is 4. The summed E-state index contributed by atoms with van der Waals surface area (Å²) < 4.78 is 11.4. The van der Waals surface area contributed by atoms with Crippen LogP contribution < -0.4 is 15.4 Å². The molecule has 1 aliphatic heterocycles. The number of nitrogens with one attached hydrogen (secondary N) is 2. The highest BCUT2D eigenvalue weighted by molar-refractivity contribution is 14.1. The van der Waals surface area contributed by atoms with Crippen LogP contribution in [0.3, 0.4) is 0 Å². The number of anilines is 1. The topological polar surface area (TPSA) is 59.6 Å². The van der Waals surface area contributed by atoms with E-state index in [1.165, 1.54) is 0 Å². The van der Waals surface area contributed by atoms with Crippen LogP contribution >= 0.6 is 22.6 Å². The molecular weight excluding hydrogens is 347 g/mol. The van der Waals surface area contributed by atoms with Gasteiger partial charge in [-0.1, -0.05) is 0 Å². The summed E-state index contributed by atoms with van der Waals surface area (Å²) in [6.45, 7) is 1.79. The molecule has 0 saturated heterocycles. The fraction of sp³-hybridized carbons (Fsp3) is 0.417. The predicted octanol–water partition coefficient (Wildman–Crippen LogP) is 1.82. The first-order valence-electron chi connectivity index (χ1n) is 5.70. The lowest BCUT2D eigenvalue weighted by atomic mass is 10.1. The van der Waals surface area contributed by atoms with Crippen molar-refractivity contribution in [2.24, 2.45) is 0 Å². The summed E-state index contributed by atoms with van der Waals surface area (Å²) >= 11 is 2.20. The Balaban J connectivity index is 2.11. The molecule has 1 aromatic carbocycles. The van der Waals surface area contributed by atoms with Crippen molar-refractivity contribution in [2.75, 3.05) is 32.3 Å². The maximum atomic E-state index is 11.6. The number of carbonyl (C=O) groups excluding carboxylic acids is 1. The van der Waals surface area contributed by atoms with Crippen molar-refractivity contribution in [3.63, 3.8) is 0 Å². The summed E-state index contributed by atoms with van der Waals surface area (Å²) in [5.41, 5.74) is 1.58. The van der Waals surface area contributed by atoms with Crippen molar-refractivity contribution < 1.29 is 14.3 Å². The van der Waals surface area contributed by atoms with Crippen molar-refractivity contribution in [1.29, 1.82) is 0 Å². The molecule has 0 aliphatic carbocycles. The second-order valence-electron chi connectivity index (χ2n) is 3.87. The van der Waals surface area contributed by atoms with Crippen LogP contribution in [-0.4, -0.2) is 32.9 Å². The number of fused-ring (bicyclic) bond motifs is 1. The van der Waals surface area contributed by atoms with Gasteiger partial charge in [0.25, 0.3) is 5.91 Å². The molecule has 0 unspecified atom stereocenters. The summed E-state index contributed by atoms with van der Waals surface area (Å²) in [6.07, 6.45) is 0.936. The zero-order valence-corrected chi connectivity index (χ0v) is 12.2. The number of halogens is 1. The Bertz CT molecular complexity index is 451. The zero-order valence-electron chi connectivity index (χ0n) is 10.1. The van der Waals surface area contributed by atoms with Crippen molar-refractivity contribution in [3.05, 3.63) is 21.3 Å². The lowest BCUT2D eigenvalue weighted by Crippen LogP contribution is -2.33. The number of rotatable bonds is 5. The van der Waals surface area contributed by atoms with Crippen molar-refractivity contribution in [3.8, 4) is 5.75 Å². The Morgan fingerprint density at radius 3 is 3.17 bits per heavy atom. The highest BCUT2D eigenvalue weighted by Crippen LogP contribution is 2.33. The fourth-order valence-electron chi connectivity index (χ4n) is 1.72. The molecule has 5 nitrogen and oxygen atoms in total. The number of amides is 1. The van der Waals surface area contributed by atoms with Crippen LogP contribution in [0.4, 0.5) is 5.69 Å². The van der Waals surface area contributed by atoms with Crippen molar-refractivity contribution in [2.45, 2.75) is 6.42 Å². The van der Waals surface area contributed by atoms with E-state index in [-0.39, 0.29) is 12.6 Å². The molecule has 1 aliphatic rings. The first-order chi connectivity index (χ1) is 8.74. The molecule has 6 heteroatoms. The third-order valence-electron chi connectivity index (χ3n) is 2.63. The minimum absolute atomic E-state index is 0.0832. The molecule has 0 bridgehead atoms. The maximum absolute atomic E-state index is 11.6. The van der Waals surface area contributed by atoms with Gasteiger partial charge in [-0.25, -0.2) is 0 Å². The van der Waals surface area contributed by atoms with Crippen LogP contribution in [0.1, 0.15) is 16.8 Å². The fourth-order valence-corrected chi connectivity index (χ4v) is 2.54. The van der Waals surface area contributed by atoms with E-state index >= 15 is 0 Å². The highest BCUT2D eigenvalue weighted by Gasteiger charge is 2.21. The number of methoxy groups -OCH3 is 1. The number of hydrogen-bond donors (Lipinski definition) is 2. The molecular formula is C12H15IN2O3. The number of benzene rings is 1. The van der Waals surface area contributed by atoms with E-state index in [9.17, 15) is 4.79 Å². The smallest absolute Gasteiger partial charge is 0.257 e. The third kappa shape index (κ3) is 2.86. The molecule has 2 N–H and O–H groups in total. The van der Waals surface area contributed by atoms with E-state index in [1.807, 2.05) is 6.07 Å². The Morgan fingerprint density at radius 2 is 2.39 bits per heavy atom. The van der Waals surface area contributed by atoms with E-state index in [2.05, 4.69) is 33.2 Å². The van der Waals surface area contributed by atoms with Gasteiger partial charge in [-0.2, -0.15) is 0 Å². The molecule has 0 atom stereocenters. The van der Waals surface area contributed by atoms with Crippen molar-refractivity contribution >= 4 is 34.2 Å². The highest BCUT2D eigenvalue weighted by atomic mass is 127. The van der Waals surface area contributed by atoms with Crippen LogP contribution in [0, 0.1) is 3.57 Å². The van der Waals surface area contributed by atoms with Gasteiger partial charge in [0.1, 0.15) is 5.75 Å². The van der Waals surface area contributed by atoms with Gasteiger partial charge in [0.2, 0.25) is 0 Å². The van der Waals surface area contributed by atoms with Crippen LogP contribution in [0.5, 0.6) is 5.75 Å². The molecule has 1 amide bonds. The van der Waals surface area contributed by atoms with Gasteiger partial charge < -0.3 is 20.1 Å². The van der Waals surface area contributed by atoms with Gasteiger partial charge in [-0.3, -0.25) is 4.79 Å². The van der Waals surface area contributed by atoms with E-state index in [0.29, 0.717) is 11.3 Å². The van der Waals surface area contributed by atoms with Gasteiger partial charge in [0.15, 0.2) is 6.73 Å². The summed E-state index contributed by atoms with van der Waals surface area (Å²) in [5, 5.41) is 5.96. The summed E-state index contributed by atoms with van der Waals surface area (Å²) in [7, 11) is 1.69. The zero-order chi connectivity index (χ0) is 13.0. The van der Waals surface area contributed by atoms with E-state index in [0.717, 1.165) is 28.8 Å². The molecule has 98 valence electrons. The Kier molecular flexibility index (Phi) is 4.65. The summed E-state index contributed by atoms with van der Waals surface area (Å²) in [5.74, 6) is 0.580. The SMILES string of the molecule is COCCCNc1ccc2c(c1I)OCNC2=O. The second-order valence-corrected chi connectivity index (χ2v) is 4.95. The van der Waals surface area contributed by atoms with Gasteiger partial charge >= 0.3 is 0 Å². The quantitative estimate of drug-likeness (QED) is 0.620. The van der Waals surface area contributed by atoms with Gasteiger partial charge in [0.05, 0.1) is 14.8 Å². The number of carbonyl (C=O) groups is 1. The summed E-state index contributed by atoms with van der Waals surface area (Å²) in [4.78, 5) is 11.6. The molecule has 0 fully saturated rings. The van der Waals surface area contributed by atoms with Crippen molar-refractivity contribution in [1.82, 2.24) is 5.32 Å². The average Bonchev–Trinajstić information content (AvgIpc) is 2.38. The van der Waals surface area contributed by atoms with Crippen LogP contribution in [0.25, 0.3) is 0 Å². The molecule has 18 heavy (non-hydrogen) atoms. The van der Waals surface area contributed by atoms with E-state index < -0.39 is 0 Å². The molecule has 1 heterocycles. The number of ether oxygens (including phenoxy) is 2. The van der Waals surface area contributed by atoms with E-state index in [1.54, 1.807) is 13.2 Å². The lowest BCUT2D eigenvalue weighted by Gasteiger charge is -2.20. The predicted molar refractivity (Wildman–Crippen MR) is 77.1 cm³/mol. The maximum Gasteiger partial charge on any atom is 0.257 e. The molecule has 0 spiro atoms.